The molecular formula is C17H19FN2O2S. The van der Waals surface area contributed by atoms with Crippen LogP contribution in [0.15, 0.2) is 18.2 Å². The van der Waals surface area contributed by atoms with Gasteiger partial charge in [-0.25, -0.2) is 9.18 Å². The number of aryl methyl sites for hydroxylation is 1. The Bertz CT molecular complexity index is 742. The van der Waals surface area contributed by atoms with Gasteiger partial charge in [0.25, 0.3) is 0 Å². The van der Waals surface area contributed by atoms with Crippen LogP contribution in [0.4, 0.5) is 20.8 Å². The highest BCUT2D eigenvalue weighted by Crippen LogP contribution is 2.40. The average molecular weight is 334 g/mol. The number of benzene rings is 1. The first-order valence-electron chi connectivity index (χ1n) is 7.74. The van der Waals surface area contributed by atoms with E-state index in [1.165, 1.54) is 17.0 Å². The molecule has 3 rings (SSSR count). The van der Waals surface area contributed by atoms with Crippen LogP contribution in [0.5, 0.6) is 0 Å². The van der Waals surface area contributed by atoms with Crippen molar-refractivity contribution < 1.29 is 13.9 Å². The second kappa shape index (κ2) is 6.58. The molecule has 1 heterocycles. The number of hydrogen-bond donors (Lipinski definition) is 2. The van der Waals surface area contributed by atoms with Crippen molar-refractivity contribution in [2.75, 3.05) is 17.7 Å². The van der Waals surface area contributed by atoms with Crippen LogP contribution in [0.2, 0.25) is 0 Å². The molecule has 0 saturated heterocycles. The van der Waals surface area contributed by atoms with Crippen LogP contribution in [0.3, 0.4) is 0 Å². The van der Waals surface area contributed by atoms with Crippen LogP contribution in [0.1, 0.15) is 40.6 Å². The van der Waals surface area contributed by atoms with Gasteiger partial charge in [0, 0.05) is 4.88 Å². The molecule has 122 valence electrons. The van der Waals surface area contributed by atoms with Crippen LogP contribution in [0, 0.1) is 5.82 Å². The van der Waals surface area contributed by atoms with E-state index in [0.717, 1.165) is 36.2 Å². The number of halogens is 1. The summed E-state index contributed by atoms with van der Waals surface area (Å²) in [6.07, 6.45) is 4.08. The maximum Gasteiger partial charge on any atom is 0.341 e. The zero-order chi connectivity index (χ0) is 16.4. The van der Waals surface area contributed by atoms with Crippen molar-refractivity contribution in [3.05, 3.63) is 40.0 Å². The smallest absolute Gasteiger partial charge is 0.341 e. The number of carbonyl (C=O) groups is 1. The molecule has 0 spiro atoms. The van der Waals surface area contributed by atoms with E-state index in [1.54, 1.807) is 24.3 Å². The highest BCUT2D eigenvalue weighted by molar-refractivity contribution is 7.16. The number of anilines is 3. The van der Waals surface area contributed by atoms with E-state index in [-0.39, 0.29) is 11.8 Å². The van der Waals surface area contributed by atoms with Crippen molar-refractivity contribution in [2.24, 2.45) is 0 Å². The summed E-state index contributed by atoms with van der Waals surface area (Å²) in [5.74, 6) is -0.695. The third-order valence-corrected chi connectivity index (χ3v) is 5.12. The zero-order valence-electron chi connectivity index (χ0n) is 12.9. The summed E-state index contributed by atoms with van der Waals surface area (Å²) in [5.41, 5.74) is 8.46. The Balaban J connectivity index is 2.00. The number of rotatable bonds is 4. The van der Waals surface area contributed by atoms with E-state index in [1.807, 2.05) is 0 Å². The molecule has 0 bridgehead atoms. The lowest BCUT2D eigenvalue weighted by atomic mass is 9.95. The Hall–Kier alpha value is -2.08. The molecule has 4 nitrogen and oxygen atoms in total. The van der Waals surface area contributed by atoms with Gasteiger partial charge in [-0.3, -0.25) is 0 Å². The summed E-state index contributed by atoms with van der Waals surface area (Å²) >= 11 is 1.56. The average Bonchev–Trinajstić information content (AvgIpc) is 2.88. The molecular weight excluding hydrogens is 315 g/mol. The van der Waals surface area contributed by atoms with Crippen molar-refractivity contribution >= 4 is 33.7 Å². The number of nitrogens with one attached hydrogen (secondary N) is 1. The van der Waals surface area contributed by atoms with Crippen molar-refractivity contribution in [2.45, 2.75) is 32.6 Å². The van der Waals surface area contributed by atoms with Gasteiger partial charge in [0.1, 0.15) is 10.8 Å². The summed E-state index contributed by atoms with van der Waals surface area (Å²) in [4.78, 5) is 13.6. The van der Waals surface area contributed by atoms with E-state index >= 15 is 0 Å². The van der Waals surface area contributed by atoms with E-state index < -0.39 is 0 Å². The predicted octanol–water partition coefficient (Wildman–Crippen LogP) is 4.27. The van der Waals surface area contributed by atoms with Crippen molar-refractivity contribution in [3.8, 4) is 0 Å². The van der Waals surface area contributed by atoms with Crippen LogP contribution < -0.4 is 11.1 Å². The number of fused-ring (bicyclic) bond motifs is 1. The van der Waals surface area contributed by atoms with Gasteiger partial charge in [-0.15, -0.1) is 11.3 Å². The van der Waals surface area contributed by atoms with Gasteiger partial charge in [0.05, 0.1) is 23.5 Å². The molecule has 0 radical (unpaired) electrons. The fourth-order valence-corrected chi connectivity index (χ4v) is 4.13. The molecule has 0 amide bonds. The van der Waals surface area contributed by atoms with Crippen molar-refractivity contribution in [3.63, 3.8) is 0 Å². The second-order valence-electron chi connectivity index (χ2n) is 5.49. The number of nitrogens with two attached hydrogens (primary N) is 1. The number of thiophene rings is 1. The van der Waals surface area contributed by atoms with Gasteiger partial charge in [-0.1, -0.05) is 0 Å². The predicted molar refractivity (Wildman–Crippen MR) is 91.0 cm³/mol. The molecule has 1 aliphatic rings. The van der Waals surface area contributed by atoms with E-state index in [2.05, 4.69) is 5.32 Å². The molecule has 3 N–H and O–H groups in total. The largest absolute Gasteiger partial charge is 0.462 e. The fourth-order valence-electron chi connectivity index (χ4n) is 2.84. The second-order valence-corrected chi connectivity index (χ2v) is 6.60. The molecule has 1 aliphatic carbocycles. The van der Waals surface area contributed by atoms with Gasteiger partial charge in [0.15, 0.2) is 0 Å². The van der Waals surface area contributed by atoms with Gasteiger partial charge in [-0.2, -0.15) is 0 Å². The maximum atomic E-state index is 13.2. The van der Waals surface area contributed by atoms with Gasteiger partial charge in [0.2, 0.25) is 0 Å². The Morgan fingerprint density at radius 2 is 2.17 bits per heavy atom. The van der Waals surface area contributed by atoms with E-state index in [4.69, 9.17) is 10.5 Å². The summed E-state index contributed by atoms with van der Waals surface area (Å²) in [6, 6.07) is 4.19. The SMILES string of the molecule is CCOC(=O)c1c(Nc2ccc(F)cc2N)sc2c1CCCC2. The third-order valence-electron chi connectivity index (χ3n) is 3.91. The minimum atomic E-state index is -0.385. The lowest BCUT2D eigenvalue weighted by Crippen LogP contribution is -2.11. The summed E-state index contributed by atoms with van der Waals surface area (Å²) in [7, 11) is 0. The van der Waals surface area contributed by atoms with Gasteiger partial charge < -0.3 is 15.8 Å². The van der Waals surface area contributed by atoms with Crippen LogP contribution in [0.25, 0.3) is 0 Å². The fraction of sp³-hybridized carbons (Fsp3) is 0.353. The highest BCUT2D eigenvalue weighted by Gasteiger charge is 2.26. The third kappa shape index (κ3) is 3.17. The minimum Gasteiger partial charge on any atom is -0.462 e. The monoisotopic (exact) mass is 334 g/mol. The number of carbonyl (C=O) groups excluding carboxylic acids is 1. The standard InChI is InChI=1S/C17H19FN2O2S/c1-2-22-17(21)15-11-5-3-4-6-14(11)23-16(15)20-13-8-7-10(18)9-12(13)19/h7-9,20H,2-6,19H2,1H3. The Morgan fingerprint density at radius 3 is 2.91 bits per heavy atom. The molecule has 0 fully saturated rings. The lowest BCUT2D eigenvalue weighted by Gasteiger charge is -2.13. The van der Waals surface area contributed by atoms with Crippen molar-refractivity contribution in [1.29, 1.82) is 0 Å². The molecule has 0 aliphatic heterocycles. The van der Waals surface area contributed by atoms with Gasteiger partial charge >= 0.3 is 5.97 Å². The topological polar surface area (TPSA) is 64.3 Å². The quantitative estimate of drug-likeness (QED) is 0.647. The molecule has 6 heteroatoms. The number of hydrogen-bond acceptors (Lipinski definition) is 5. The van der Waals surface area contributed by atoms with E-state index in [0.29, 0.717) is 23.5 Å². The number of ether oxygens (including phenoxy) is 1. The Morgan fingerprint density at radius 1 is 1.39 bits per heavy atom. The van der Waals surface area contributed by atoms with E-state index in [9.17, 15) is 9.18 Å². The summed E-state index contributed by atoms with van der Waals surface area (Å²) in [5, 5.41) is 3.92. The first kappa shape index (κ1) is 15.8. The normalized spacial score (nSPS) is 13.5. The van der Waals surface area contributed by atoms with Crippen LogP contribution >= 0.6 is 11.3 Å². The van der Waals surface area contributed by atoms with Crippen molar-refractivity contribution in [1.82, 2.24) is 0 Å². The molecule has 23 heavy (non-hydrogen) atoms. The first-order chi connectivity index (χ1) is 11.1. The number of nitrogen functional groups attached to an aromatic ring is 1. The Labute approximate surface area is 138 Å². The zero-order valence-corrected chi connectivity index (χ0v) is 13.8. The lowest BCUT2D eigenvalue weighted by molar-refractivity contribution is 0.0526. The first-order valence-corrected chi connectivity index (χ1v) is 8.55. The molecule has 1 aromatic carbocycles. The van der Waals surface area contributed by atoms with Crippen LogP contribution in [-0.2, 0) is 17.6 Å². The highest BCUT2D eigenvalue weighted by atomic mass is 32.1. The summed E-state index contributed by atoms with van der Waals surface area (Å²) in [6.45, 7) is 2.13. The molecule has 2 aromatic rings. The van der Waals surface area contributed by atoms with Gasteiger partial charge in [-0.05, 0) is 56.4 Å². The number of esters is 1. The summed E-state index contributed by atoms with van der Waals surface area (Å²) < 4.78 is 18.4. The minimum absolute atomic E-state index is 0.310. The molecule has 0 atom stereocenters. The molecule has 0 saturated carbocycles. The maximum absolute atomic E-state index is 13.2. The molecule has 1 aromatic heterocycles. The molecule has 0 unspecified atom stereocenters. The Kier molecular flexibility index (Phi) is 4.52. The van der Waals surface area contributed by atoms with Crippen LogP contribution in [-0.4, -0.2) is 12.6 Å².